The minimum absolute atomic E-state index is 0.596. The van der Waals surface area contributed by atoms with Gasteiger partial charge in [0.25, 0.3) is 0 Å². The van der Waals surface area contributed by atoms with Gasteiger partial charge in [-0.25, -0.2) is 0 Å². The average Bonchev–Trinajstić information content (AvgIpc) is 2.17. The lowest BCUT2D eigenvalue weighted by molar-refractivity contribution is 0.0387. The minimum Gasteiger partial charge on any atom is -0.316 e. The summed E-state index contributed by atoms with van der Waals surface area (Å²) in [6, 6.07) is 0. The summed E-state index contributed by atoms with van der Waals surface area (Å²) in [4.78, 5) is 2.64. The van der Waals surface area contributed by atoms with Crippen molar-refractivity contribution in [3.05, 3.63) is 0 Å². The fraction of sp³-hybridized carbons (Fsp3) is 1.00. The van der Waals surface area contributed by atoms with Crippen molar-refractivity contribution >= 4 is 0 Å². The molecule has 2 fully saturated rings. The summed E-state index contributed by atoms with van der Waals surface area (Å²) in [5.74, 6) is 0.945. The fourth-order valence-electron chi connectivity index (χ4n) is 3.01. The number of nitrogens with zero attached hydrogens (tertiary/aromatic N) is 1. The molecule has 2 aliphatic rings. The summed E-state index contributed by atoms with van der Waals surface area (Å²) < 4.78 is 0. The van der Waals surface area contributed by atoms with Crippen molar-refractivity contribution in [2.45, 2.75) is 33.1 Å². The van der Waals surface area contributed by atoms with Crippen LogP contribution in [0.15, 0.2) is 0 Å². The van der Waals surface area contributed by atoms with Gasteiger partial charge in [-0.15, -0.1) is 0 Å². The third-order valence-corrected chi connectivity index (χ3v) is 4.01. The highest BCUT2D eigenvalue weighted by atomic mass is 15.2. The Morgan fingerprint density at radius 3 is 2.71 bits per heavy atom. The highest BCUT2D eigenvalue weighted by Crippen LogP contribution is 2.33. The van der Waals surface area contributed by atoms with Crippen molar-refractivity contribution in [3.8, 4) is 0 Å². The van der Waals surface area contributed by atoms with Gasteiger partial charge < -0.3 is 10.2 Å². The van der Waals surface area contributed by atoms with Crippen LogP contribution in [0.1, 0.15) is 33.1 Å². The molecule has 0 saturated carbocycles. The van der Waals surface area contributed by atoms with E-state index >= 15 is 0 Å². The lowest BCUT2D eigenvalue weighted by Gasteiger charge is -2.46. The molecule has 1 unspecified atom stereocenters. The van der Waals surface area contributed by atoms with Gasteiger partial charge in [-0.1, -0.05) is 13.8 Å². The van der Waals surface area contributed by atoms with Crippen LogP contribution in [0, 0.1) is 11.3 Å². The fourth-order valence-corrected chi connectivity index (χ4v) is 3.01. The van der Waals surface area contributed by atoms with E-state index in [1.807, 2.05) is 0 Å². The Hall–Kier alpha value is -0.0800. The number of rotatable bonds is 3. The predicted octanol–water partition coefficient (Wildman–Crippen LogP) is 1.72. The molecule has 0 bridgehead atoms. The van der Waals surface area contributed by atoms with Crippen LogP contribution in [0.3, 0.4) is 0 Å². The maximum Gasteiger partial charge on any atom is 0.00503 e. The molecule has 2 saturated heterocycles. The summed E-state index contributed by atoms with van der Waals surface area (Å²) in [7, 11) is 0. The van der Waals surface area contributed by atoms with Gasteiger partial charge in [0.1, 0.15) is 0 Å². The topological polar surface area (TPSA) is 15.3 Å². The largest absolute Gasteiger partial charge is 0.316 e. The molecule has 1 N–H and O–H groups in total. The number of piperidine rings is 1. The van der Waals surface area contributed by atoms with Crippen molar-refractivity contribution in [1.29, 1.82) is 0 Å². The van der Waals surface area contributed by atoms with Crippen LogP contribution < -0.4 is 5.32 Å². The van der Waals surface area contributed by atoms with Gasteiger partial charge in [0.15, 0.2) is 0 Å². The van der Waals surface area contributed by atoms with Crippen molar-refractivity contribution in [2.75, 3.05) is 32.7 Å². The second-order valence-electron chi connectivity index (χ2n) is 5.43. The molecule has 0 amide bonds. The highest BCUT2D eigenvalue weighted by Gasteiger charge is 2.35. The molecule has 82 valence electrons. The first-order valence-electron chi connectivity index (χ1n) is 6.17. The van der Waals surface area contributed by atoms with Crippen LogP contribution in [0.4, 0.5) is 0 Å². The Labute approximate surface area is 88.1 Å². The maximum atomic E-state index is 3.56. The lowest BCUT2D eigenvalue weighted by atomic mass is 9.77. The van der Waals surface area contributed by atoms with Crippen molar-refractivity contribution in [2.24, 2.45) is 11.3 Å². The minimum atomic E-state index is 0.596. The van der Waals surface area contributed by atoms with Gasteiger partial charge in [-0.2, -0.15) is 0 Å². The summed E-state index contributed by atoms with van der Waals surface area (Å²) in [5.41, 5.74) is 0.596. The summed E-state index contributed by atoms with van der Waals surface area (Å²) in [5, 5.41) is 3.56. The zero-order valence-electron chi connectivity index (χ0n) is 9.68. The van der Waals surface area contributed by atoms with E-state index < -0.39 is 0 Å². The molecule has 2 rings (SSSR count). The van der Waals surface area contributed by atoms with Crippen molar-refractivity contribution in [3.63, 3.8) is 0 Å². The van der Waals surface area contributed by atoms with Crippen LogP contribution in [0.5, 0.6) is 0 Å². The van der Waals surface area contributed by atoms with Crippen molar-refractivity contribution in [1.82, 2.24) is 10.2 Å². The van der Waals surface area contributed by atoms with Crippen LogP contribution >= 0.6 is 0 Å². The molecule has 0 radical (unpaired) electrons. The molecule has 2 heteroatoms. The summed E-state index contributed by atoms with van der Waals surface area (Å²) >= 11 is 0. The van der Waals surface area contributed by atoms with Gasteiger partial charge in [-0.3, -0.25) is 0 Å². The smallest absolute Gasteiger partial charge is 0.00503 e. The molecule has 0 aliphatic carbocycles. The predicted molar refractivity (Wildman–Crippen MR) is 60.4 cm³/mol. The zero-order chi connectivity index (χ0) is 10.0. The normalized spacial score (nSPS) is 35.6. The van der Waals surface area contributed by atoms with E-state index in [1.54, 1.807) is 0 Å². The molecule has 0 spiro atoms. The zero-order valence-corrected chi connectivity index (χ0v) is 9.68. The average molecular weight is 196 g/mol. The van der Waals surface area contributed by atoms with E-state index in [2.05, 4.69) is 24.1 Å². The molecule has 2 aliphatic heterocycles. The van der Waals surface area contributed by atoms with E-state index in [9.17, 15) is 0 Å². The second kappa shape index (κ2) is 4.19. The van der Waals surface area contributed by atoms with Gasteiger partial charge in [0.2, 0.25) is 0 Å². The van der Waals surface area contributed by atoms with Crippen LogP contribution in [0.2, 0.25) is 0 Å². The Morgan fingerprint density at radius 2 is 2.21 bits per heavy atom. The molecule has 1 atom stereocenters. The molecule has 0 aromatic heterocycles. The molecule has 2 heterocycles. The van der Waals surface area contributed by atoms with Crippen LogP contribution in [-0.2, 0) is 0 Å². The molecule has 2 nitrogen and oxygen atoms in total. The van der Waals surface area contributed by atoms with E-state index in [-0.39, 0.29) is 0 Å². The van der Waals surface area contributed by atoms with Gasteiger partial charge in [-0.05, 0) is 37.1 Å². The Morgan fingerprint density at radius 1 is 1.43 bits per heavy atom. The first-order chi connectivity index (χ1) is 6.74. The first-order valence-corrected chi connectivity index (χ1v) is 6.17. The SMILES string of the molecule is CCC1(CN2CC(C)C2)CCCNC1. The van der Waals surface area contributed by atoms with Gasteiger partial charge in [0.05, 0.1) is 0 Å². The van der Waals surface area contributed by atoms with E-state index in [0.717, 1.165) is 5.92 Å². The standard InChI is InChI=1S/C12H24N2/c1-3-12(5-4-6-13-9-12)10-14-7-11(2)8-14/h11,13H,3-10H2,1-2H3. The maximum absolute atomic E-state index is 3.56. The summed E-state index contributed by atoms with van der Waals surface area (Å²) in [6.07, 6.45) is 4.14. The van der Waals surface area contributed by atoms with E-state index in [4.69, 9.17) is 0 Å². The number of likely N-dealkylation sites (tertiary alicyclic amines) is 1. The van der Waals surface area contributed by atoms with Crippen molar-refractivity contribution < 1.29 is 0 Å². The molecule has 0 aromatic rings. The third-order valence-electron chi connectivity index (χ3n) is 4.01. The monoisotopic (exact) mass is 196 g/mol. The van der Waals surface area contributed by atoms with E-state index in [0.29, 0.717) is 5.41 Å². The molecule has 14 heavy (non-hydrogen) atoms. The Kier molecular flexibility index (Phi) is 3.13. The molecular formula is C12H24N2. The Balaban J connectivity index is 1.85. The molecule has 0 aromatic carbocycles. The number of hydrogen-bond acceptors (Lipinski definition) is 2. The molecular weight excluding hydrogens is 172 g/mol. The lowest BCUT2D eigenvalue weighted by Crippen LogP contribution is -2.54. The Bertz CT molecular complexity index is 179. The van der Waals surface area contributed by atoms with Gasteiger partial charge >= 0.3 is 0 Å². The van der Waals surface area contributed by atoms with Gasteiger partial charge in [0, 0.05) is 26.2 Å². The highest BCUT2D eigenvalue weighted by molar-refractivity contribution is 4.90. The third kappa shape index (κ3) is 2.12. The first kappa shape index (κ1) is 10.4. The quantitative estimate of drug-likeness (QED) is 0.739. The number of hydrogen-bond donors (Lipinski definition) is 1. The number of nitrogens with one attached hydrogen (secondary N) is 1. The summed E-state index contributed by atoms with van der Waals surface area (Å²) in [6.45, 7) is 11.2. The van der Waals surface area contributed by atoms with E-state index in [1.165, 1.54) is 52.0 Å². The van der Waals surface area contributed by atoms with Crippen LogP contribution in [0.25, 0.3) is 0 Å². The van der Waals surface area contributed by atoms with Crippen LogP contribution in [-0.4, -0.2) is 37.6 Å². The second-order valence-corrected chi connectivity index (χ2v) is 5.43.